The van der Waals surface area contributed by atoms with E-state index < -0.39 is 11.9 Å². The maximum Gasteiger partial charge on any atom is 0.289 e. The first-order valence-corrected chi connectivity index (χ1v) is 7.96. The summed E-state index contributed by atoms with van der Waals surface area (Å²) < 4.78 is 24.3. The van der Waals surface area contributed by atoms with Crippen LogP contribution in [0.4, 0.5) is 4.39 Å². The number of fused-ring (bicyclic) bond motifs is 1. The number of likely N-dealkylation sites (N-methyl/N-ethyl adjacent to an activating group) is 1. The van der Waals surface area contributed by atoms with Gasteiger partial charge < -0.3 is 19.2 Å². The Bertz CT molecular complexity index is 712. The number of furan rings is 1. The zero-order chi connectivity index (χ0) is 17.1. The normalized spacial score (nSPS) is 17.1. The first-order chi connectivity index (χ1) is 11.5. The van der Waals surface area contributed by atoms with Crippen molar-refractivity contribution < 1.29 is 23.4 Å². The van der Waals surface area contributed by atoms with Gasteiger partial charge in [0.1, 0.15) is 0 Å². The van der Waals surface area contributed by atoms with E-state index in [0.29, 0.717) is 25.1 Å². The lowest BCUT2D eigenvalue weighted by atomic mass is 10.2. The number of nitrogens with zero attached hydrogens (tertiary/aromatic N) is 2. The molecule has 130 valence electrons. The molecule has 0 bridgehead atoms. The number of rotatable bonds is 5. The van der Waals surface area contributed by atoms with Gasteiger partial charge in [0.2, 0.25) is 0 Å². The summed E-state index contributed by atoms with van der Waals surface area (Å²) in [6, 6.07) is 6.06. The predicted molar refractivity (Wildman–Crippen MR) is 86.4 cm³/mol. The molecule has 2 heterocycles. The Hall–Kier alpha value is -1.96. The van der Waals surface area contributed by atoms with Crippen molar-refractivity contribution >= 4 is 16.9 Å². The van der Waals surface area contributed by atoms with E-state index in [-0.39, 0.29) is 23.8 Å². The SMILES string of the molecule is CN(CC(O)CN1CCOCC1)C(=O)c1cc2cccc(F)c2o1. The van der Waals surface area contributed by atoms with E-state index in [2.05, 4.69) is 4.90 Å². The molecular formula is C17H21FN2O4. The van der Waals surface area contributed by atoms with E-state index in [9.17, 15) is 14.3 Å². The number of halogens is 1. The molecule has 1 atom stereocenters. The van der Waals surface area contributed by atoms with E-state index >= 15 is 0 Å². The largest absolute Gasteiger partial charge is 0.448 e. The molecule has 6 nitrogen and oxygen atoms in total. The first kappa shape index (κ1) is 16.9. The van der Waals surface area contributed by atoms with Crippen LogP contribution in [0.25, 0.3) is 11.0 Å². The second-order valence-corrected chi connectivity index (χ2v) is 6.02. The summed E-state index contributed by atoms with van der Waals surface area (Å²) >= 11 is 0. The average Bonchev–Trinajstić information content (AvgIpc) is 3.00. The third kappa shape index (κ3) is 3.75. The van der Waals surface area contributed by atoms with E-state index in [1.165, 1.54) is 17.0 Å². The minimum atomic E-state index is -0.668. The van der Waals surface area contributed by atoms with Crippen molar-refractivity contribution in [3.05, 3.63) is 35.8 Å². The Morgan fingerprint density at radius 1 is 1.42 bits per heavy atom. The van der Waals surface area contributed by atoms with Crippen LogP contribution < -0.4 is 0 Å². The third-order valence-electron chi connectivity index (χ3n) is 4.11. The Labute approximate surface area is 139 Å². The van der Waals surface area contributed by atoms with Crippen LogP contribution in [0.3, 0.4) is 0 Å². The van der Waals surface area contributed by atoms with E-state index in [4.69, 9.17) is 9.15 Å². The van der Waals surface area contributed by atoms with Crippen LogP contribution in [0.1, 0.15) is 10.6 Å². The quantitative estimate of drug-likeness (QED) is 0.892. The van der Waals surface area contributed by atoms with Crippen LogP contribution in [-0.2, 0) is 4.74 Å². The van der Waals surface area contributed by atoms with Crippen molar-refractivity contribution in [2.45, 2.75) is 6.10 Å². The maximum atomic E-state index is 13.7. The zero-order valence-electron chi connectivity index (χ0n) is 13.6. The van der Waals surface area contributed by atoms with Gasteiger partial charge in [-0.15, -0.1) is 0 Å². The van der Waals surface area contributed by atoms with Crippen molar-refractivity contribution in [2.24, 2.45) is 0 Å². The number of benzene rings is 1. The smallest absolute Gasteiger partial charge is 0.289 e. The molecule has 24 heavy (non-hydrogen) atoms. The van der Waals surface area contributed by atoms with Crippen LogP contribution in [0.15, 0.2) is 28.7 Å². The lowest BCUT2D eigenvalue weighted by Gasteiger charge is -2.29. The molecule has 0 aliphatic carbocycles. The van der Waals surface area contributed by atoms with Crippen molar-refractivity contribution in [3.8, 4) is 0 Å². The molecule has 1 amide bonds. The second kappa shape index (κ2) is 7.29. The second-order valence-electron chi connectivity index (χ2n) is 6.02. The van der Waals surface area contributed by atoms with Crippen LogP contribution in [0, 0.1) is 5.82 Å². The van der Waals surface area contributed by atoms with Crippen LogP contribution in [0.2, 0.25) is 0 Å². The molecule has 1 aliphatic heterocycles. The highest BCUT2D eigenvalue weighted by molar-refractivity contribution is 5.96. The van der Waals surface area contributed by atoms with Gasteiger partial charge in [-0.3, -0.25) is 9.69 Å². The average molecular weight is 336 g/mol. The van der Waals surface area contributed by atoms with Gasteiger partial charge in [-0.05, 0) is 12.1 Å². The summed E-state index contributed by atoms with van der Waals surface area (Å²) in [4.78, 5) is 15.9. The number of carbonyl (C=O) groups is 1. The fourth-order valence-electron chi connectivity index (χ4n) is 2.86. The van der Waals surface area contributed by atoms with Gasteiger partial charge >= 0.3 is 0 Å². The molecule has 1 unspecified atom stereocenters. The molecule has 1 aliphatic rings. The molecule has 1 N–H and O–H groups in total. The third-order valence-corrected chi connectivity index (χ3v) is 4.11. The van der Waals surface area contributed by atoms with Gasteiger partial charge in [0.25, 0.3) is 5.91 Å². The fraction of sp³-hybridized carbons (Fsp3) is 0.471. The van der Waals surface area contributed by atoms with Crippen molar-refractivity contribution in [2.75, 3.05) is 46.4 Å². The number of aliphatic hydroxyl groups excluding tert-OH is 1. The lowest BCUT2D eigenvalue weighted by molar-refractivity contribution is 0.00855. The van der Waals surface area contributed by atoms with Gasteiger partial charge in [0.15, 0.2) is 17.2 Å². The standard InChI is InChI=1S/C17H21FN2O4/c1-19(10-13(21)11-20-5-7-23-8-6-20)17(22)15-9-12-3-2-4-14(18)16(12)24-15/h2-4,9,13,21H,5-8,10-11H2,1H3. The van der Waals surface area contributed by atoms with Crippen molar-refractivity contribution in [1.29, 1.82) is 0 Å². The predicted octanol–water partition coefficient (Wildman–Crippen LogP) is 1.34. The minimum absolute atomic E-state index is 0.0659. The molecule has 2 aromatic rings. The number of hydrogen-bond acceptors (Lipinski definition) is 5. The Morgan fingerprint density at radius 2 is 2.17 bits per heavy atom. The fourth-order valence-corrected chi connectivity index (χ4v) is 2.86. The highest BCUT2D eigenvalue weighted by Crippen LogP contribution is 2.22. The number of aliphatic hydroxyl groups is 1. The lowest BCUT2D eigenvalue weighted by Crippen LogP contribution is -2.45. The molecule has 7 heteroatoms. The monoisotopic (exact) mass is 336 g/mol. The van der Waals surface area contributed by atoms with Crippen LogP contribution >= 0.6 is 0 Å². The number of β-amino-alcohol motifs (C(OH)–C–C–N with tert-alkyl or cyclic N) is 1. The molecular weight excluding hydrogens is 315 g/mol. The number of morpholine rings is 1. The van der Waals surface area contributed by atoms with Crippen molar-refractivity contribution in [1.82, 2.24) is 9.80 Å². The first-order valence-electron chi connectivity index (χ1n) is 7.96. The number of amides is 1. The number of ether oxygens (including phenoxy) is 1. The minimum Gasteiger partial charge on any atom is -0.448 e. The molecule has 1 aromatic carbocycles. The molecule has 0 spiro atoms. The Balaban J connectivity index is 1.61. The van der Waals surface area contributed by atoms with Crippen molar-refractivity contribution in [3.63, 3.8) is 0 Å². The molecule has 3 rings (SSSR count). The summed E-state index contributed by atoms with van der Waals surface area (Å²) in [5.74, 6) is -0.815. The number of carbonyl (C=O) groups excluding carboxylic acids is 1. The molecule has 1 aromatic heterocycles. The van der Waals surface area contributed by atoms with Gasteiger partial charge in [0, 0.05) is 38.6 Å². The Kier molecular flexibility index (Phi) is 5.13. The summed E-state index contributed by atoms with van der Waals surface area (Å²) in [6.45, 7) is 3.53. The summed E-state index contributed by atoms with van der Waals surface area (Å²) in [6.07, 6.45) is -0.668. The molecule has 0 saturated carbocycles. The number of para-hydroxylation sites is 1. The zero-order valence-corrected chi connectivity index (χ0v) is 13.6. The highest BCUT2D eigenvalue weighted by atomic mass is 19.1. The Morgan fingerprint density at radius 3 is 2.88 bits per heavy atom. The highest BCUT2D eigenvalue weighted by Gasteiger charge is 2.22. The van der Waals surface area contributed by atoms with E-state index in [0.717, 1.165) is 13.1 Å². The maximum absolute atomic E-state index is 13.7. The summed E-state index contributed by atoms with van der Waals surface area (Å²) in [7, 11) is 1.59. The van der Waals surface area contributed by atoms with E-state index in [1.54, 1.807) is 19.2 Å². The van der Waals surface area contributed by atoms with Crippen LogP contribution in [0.5, 0.6) is 0 Å². The van der Waals surface area contributed by atoms with Crippen LogP contribution in [-0.4, -0.2) is 73.4 Å². The topological polar surface area (TPSA) is 66.2 Å². The summed E-state index contributed by atoms with van der Waals surface area (Å²) in [5.41, 5.74) is 0.0723. The van der Waals surface area contributed by atoms with Gasteiger partial charge in [0.05, 0.1) is 19.3 Å². The molecule has 1 saturated heterocycles. The van der Waals surface area contributed by atoms with E-state index in [1.807, 2.05) is 0 Å². The summed E-state index contributed by atoms with van der Waals surface area (Å²) in [5, 5.41) is 10.7. The van der Waals surface area contributed by atoms with Gasteiger partial charge in [-0.1, -0.05) is 12.1 Å². The molecule has 0 radical (unpaired) electrons. The van der Waals surface area contributed by atoms with Gasteiger partial charge in [-0.2, -0.15) is 0 Å². The number of hydrogen-bond donors (Lipinski definition) is 1. The molecule has 1 fully saturated rings. The van der Waals surface area contributed by atoms with Gasteiger partial charge in [-0.25, -0.2) is 4.39 Å².